The van der Waals surface area contributed by atoms with Crippen LogP contribution in [0.4, 0.5) is 18.9 Å². The molecular weight excluding hydrogens is 361 g/mol. The molecule has 0 saturated carbocycles. The second kappa shape index (κ2) is 7.48. The third-order valence-corrected chi connectivity index (χ3v) is 3.55. The second-order valence-electron chi connectivity index (χ2n) is 5.66. The second-order valence-corrected chi connectivity index (χ2v) is 5.66. The highest BCUT2D eigenvalue weighted by molar-refractivity contribution is 5.92. The highest BCUT2D eigenvalue weighted by Gasteiger charge is 2.34. The van der Waals surface area contributed by atoms with Crippen LogP contribution in [0.25, 0.3) is 11.4 Å². The molecule has 0 aliphatic heterocycles. The molecule has 3 rings (SSSR count). The zero-order valence-corrected chi connectivity index (χ0v) is 14.2. The average Bonchev–Trinajstić information content (AvgIpc) is 3.06. The smallest absolute Gasteiger partial charge is 0.419 e. The summed E-state index contributed by atoms with van der Waals surface area (Å²) in [6, 6.07) is 11.5. The van der Waals surface area contributed by atoms with Gasteiger partial charge in [0.1, 0.15) is 11.6 Å². The Balaban J connectivity index is 1.66. The Kier molecular flexibility index (Phi) is 5.11. The SMILES string of the molecule is Cc1nc(-c2cccc(NC(=O)COc3ccccc3C(F)(F)F)c2)n[nH]1. The predicted molar refractivity (Wildman–Crippen MR) is 92.1 cm³/mol. The van der Waals surface area contributed by atoms with E-state index in [9.17, 15) is 18.0 Å². The quantitative estimate of drug-likeness (QED) is 0.710. The molecule has 0 aliphatic rings. The van der Waals surface area contributed by atoms with E-state index in [0.717, 1.165) is 6.07 Å². The first-order valence-electron chi connectivity index (χ1n) is 7.91. The number of hydrogen-bond donors (Lipinski definition) is 2. The largest absolute Gasteiger partial charge is 0.483 e. The number of nitrogens with one attached hydrogen (secondary N) is 2. The van der Waals surface area contributed by atoms with E-state index >= 15 is 0 Å². The number of halogens is 3. The van der Waals surface area contributed by atoms with Crippen LogP contribution in [-0.2, 0) is 11.0 Å². The molecule has 0 bridgehead atoms. The summed E-state index contributed by atoms with van der Waals surface area (Å²) < 4.78 is 43.9. The van der Waals surface area contributed by atoms with Crippen LogP contribution in [0.1, 0.15) is 11.4 Å². The fourth-order valence-corrected chi connectivity index (χ4v) is 2.37. The molecule has 27 heavy (non-hydrogen) atoms. The molecule has 0 atom stereocenters. The number of aromatic amines is 1. The van der Waals surface area contributed by atoms with Crippen molar-refractivity contribution in [2.75, 3.05) is 11.9 Å². The van der Waals surface area contributed by atoms with Crippen molar-refractivity contribution in [1.29, 1.82) is 0 Å². The van der Waals surface area contributed by atoms with Crippen molar-refractivity contribution in [3.05, 3.63) is 59.9 Å². The van der Waals surface area contributed by atoms with Crippen LogP contribution >= 0.6 is 0 Å². The third kappa shape index (κ3) is 4.63. The molecule has 140 valence electrons. The zero-order valence-electron chi connectivity index (χ0n) is 14.2. The Hall–Kier alpha value is -3.36. The normalized spacial score (nSPS) is 11.3. The van der Waals surface area contributed by atoms with Crippen molar-refractivity contribution >= 4 is 11.6 Å². The standard InChI is InChI=1S/C18H15F3N4O2/c1-11-22-17(25-24-11)12-5-4-6-13(9-12)23-16(26)10-27-15-8-3-2-7-14(15)18(19,20)21/h2-9H,10H2,1H3,(H,23,26)(H,22,24,25). The monoisotopic (exact) mass is 376 g/mol. The molecule has 0 saturated heterocycles. The fraction of sp³-hybridized carbons (Fsp3) is 0.167. The molecule has 1 amide bonds. The average molecular weight is 376 g/mol. The molecule has 6 nitrogen and oxygen atoms in total. The first-order valence-corrected chi connectivity index (χ1v) is 7.91. The van der Waals surface area contributed by atoms with Gasteiger partial charge in [-0.2, -0.15) is 18.3 Å². The molecule has 3 aromatic rings. The van der Waals surface area contributed by atoms with Gasteiger partial charge in [0.15, 0.2) is 12.4 Å². The van der Waals surface area contributed by atoms with Gasteiger partial charge in [-0.05, 0) is 31.2 Å². The summed E-state index contributed by atoms with van der Waals surface area (Å²) in [4.78, 5) is 16.2. The molecule has 9 heteroatoms. The lowest BCUT2D eigenvalue weighted by Gasteiger charge is -2.13. The number of rotatable bonds is 5. The molecule has 0 unspecified atom stereocenters. The van der Waals surface area contributed by atoms with Gasteiger partial charge in [0.05, 0.1) is 5.56 Å². The molecular formula is C18H15F3N4O2. The highest BCUT2D eigenvalue weighted by atomic mass is 19.4. The van der Waals surface area contributed by atoms with Crippen molar-refractivity contribution in [3.8, 4) is 17.1 Å². The maximum Gasteiger partial charge on any atom is 0.419 e. The van der Waals surface area contributed by atoms with E-state index in [4.69, 9.17) is 4.74 Å². The molecule has 2 aromatic carbocycles. The molecule has 1 aromatic heterocycles. The van der Waals surface area contributed by atoms with Crippen molar-refractivity contribution in [3.63, 3.8) is 0 Å². The van der Waals surface area contributed by atoms with Gasteiger partial charge in [0.25, 0.3) is 5.91 Å². The van der Waals surface area contributed by atoms with Crippen LogP contribution in [0, 0.1) is 6.92 Å². The van der Waals surface area contributed by atoms with Crippen LogP contribution in [0.3, 0.4) is 0 Å². The Morgan fingerprint density at radius 1 is 1.19 bits per heavy atom. The van der Waals surface area contributed by atoms with E-state index in [2.05, 4.69) is 20.5 Å². The Morgan fingerprint density at radius 3 is 2.67 bits per heavy atom. The summed E-state index contributed by atoms with van der Waals surface area (Å²) in [5, 5.41) is 9.33. The summed E-state index contributed by atoms with van der Waals surface area (Å²) in [7, 11) is 0. The Bertz CT molecular complexity index is 954. The molecule has 1 heterocycles. The first kappa shape index (κ1) is 18.4. The molecule has 2 N–H and O–H groups in total. The fourth-order valence-electron chi connectivity index (χ4n) is 2.37. The van der Waals surface area contributed by atoms with E-state index in [0.29, 0.717) is 22.9 Å². The number of alkyl halides is 3. The third-order valence-electron chi connectivity index (χ3n) is 3.55. The van der Waals surface area contributed by atoms with Gasteiger partial charge in [-0.15, -0.1) is 0 Å². The number of amides is 1. The van der Waals surface area contributed by atoms with Crippen LogP contribution < -0.4 is 10.1 Å². The summed E-state index contributed by atoms with van der Waals surface area (Å²) in [5.41, 5.74) is 0.202. The van der Waals surface area contributed by atoms with Crippen LogP contribution in [0.15, 0.2) is 48.5 Å². The number of carbonyl (C=O) groups excluding carboxylic acids is 1. The minimum atomic E-state index is -4.56. The molecule has 0 fully saturated rings. The van der Waals surface area contributed by atoms with E-state index < -0.39 is 30.0 Å². The molecule has 0 radical (unpaired) electrons. The number of benzene rings is 2. The summed E-state index contributed by atoms with van der Waals surface area (Å²) in [6.45, 7) is 1.20. The van der Waals surface area contributed by atoms with Gasteiger partial charge < -0.3 is 10.1 Å². The van der Waals surface area contributed by atoms with Crippen molar-refractivity contribution in [1.82, 2.24) is 15.2 Å². The van der Waals surface area contributed by atoms with Gasteiger partial charge in [-0.3, -0.25) is 9.89 Å². The maximum absolute atomic E-state index is 12.9. The van der Waals surface area contributed by atoms with E-state index in [1.165, 1.54) is 18.2 Å². The summed E-state index contributed by atoms with van der Waals surface area (Å²) in [6.07, 6.45) is -4.56. The van der Waals surface area contributed by atoms with Gasteiger partial charge in [0, 0.05) is 11.3 Å². The Morgan fingerprint density at radius 2 is 1.96 bits per heavy atom. The lowest BCUT2D eigenvalue weighted by Crippen LogP contribution is -2.21. The number of hydrogen-bond acceptors (Lipinski definition) is 4. The lowest BCUT2D eigenvalue weighted by atomic mass is 10.2. The summed E-state index contributed by atoms with van der Waals surface area (Å²) in [5.74, 6) is 0.135. The Labute approximate surface area is 152 Å². The van der Waals surface area contributed by atoms with E-state index in [1.54, 1.807) is 31.2 Å². The van der Waals surface area contributed by atoms with Gasteiger partial charge in [-0.1, -0.05) is 24.3 Å². The van der Waals surface area contributed by atoms with Crippen LogP contribution in [-0.4, -0.2) is 27.7 Å². The minimum Gasteiger partial charge on any atom is -0.483 e. The van der Waals surface area contributed by atoms with Crippen LogP contribution in [0.2, 0.25) is 0 Å². The van der Waals surface area contributed by atoms with E-state index in [-0.39, 0.29) is 0 Å². The van der Waals surface area contributed by atoms with E-state index in [1.807, 2.05) is 0 Å². The highest BCUT2D eigenvalue weighted by Crippen LogP contribution is 2.35. The maximum atomic E-state index is 12.9. The predicted octanol–water partition coefficient (Wildman–Crippen LogP) is 3.82. The number of ether oxygens (including phenoxy) is 1. The lowest BCUT2D eigenvalue weighted by molar-refractivity contribution is -0.139. The number of aromatic nitrogens is 3. The van der Waals surface area contributed by atoms with Crippen molar-refractivity contribution < 1.29 is 22.7 Å². The van der Waals surface area contributed by atoms with Crippen molar-refractivity contribution in [2.24, 2.45) is 0 Å². The van der Waals surface area contributed by atoms with Crippen molar-refractivity contribution in [2.45, 2.75) is 13.1 Å². The summed E-state index contributed by atoms with van der Waals surface area (Å²) >= 11 is 0. The van der Waals surface area contributed by atoms with Gasteiger partial charge >= 0.3 is 6.18 Å². The van der Waals surface area contributed by atoms with Gasteiger partial charge in [-0.25, -0.2) is 4.98 Å². The minimum absolute atomic E-state index is 0.398. The first-order chi connectivity index (χ1) is 12.8. The number of para-hydroxylation sites is 1. The number of anilines is 1. The number of aryl methyl sites for hydroxylation is 1. The van der Waals surface area contributed by atoms with Crippen LogP contribution in [0.5, 0.6) is 5.75 Å². The zero-order chi connectivity index (χ0) is 19.4. The van der Waals surface area contributed by atoms with Gasteiger partial charge in [0.2, 0.25) is 0 Å². The topological polar surface area (TPSA) is 79.9 Å². The number of carbonyl (C=O) groups is 1. The number of nitrogens with zero attached hydrogens (tertiary/aromatic N) is 2. The molecule has 0 spiro atoms. The number of H-pyrrole nitrogens is 1. The molecule has 0 aliphatic carbocycles.